The number of carboxylic acids is 1. The van der Waals surface area contributed by atoms with Crippen LogP contribution in [0.5, 0.6) is 0 Å². The van der Waals surface area contributed by atoms with Crippen LogP contribution in [0.3, 0.4) is 0 Å². The third-order valence-electron chi connectivity index (χ3n) is 3.96. The van der Waals surface area contributed by atoms with Gasteiger partial charge in [-0.25, -0.2) is 4.79 Å². The van der Waals surface area contributed by atoms with Crippen LogP contribution in [-0.2, 0) is 14.3 Å². The first kappa shape index (κ1) is 20.8. The van der Waals surface area contributed by atoms with Crippen molar-refractivity contribution in [2.75, 3.05) is 26.2 Å². The van der Waals surface area contributed by atoms with E-state index in [9.17, 15) is 14.4 Å². The Morgan fingerprint density at radius 1 is 1.32 bits per heavy atom. The van der Waals surface area contributed by atoms with Crippen molar-refractivity contribution in [1.82, 2.24) is 10.2 Å². The fraction of sp³-hybridized carbons (Fsp3) is 0.722. The molecule has 2 amide bonds. The third kappa shape index (κ3) is 8.99. The molecule has 0 aromatic rings. The summed E-state index contributed by atoms with van der Waals surface area (Å²) in [4.78, 5) is 35.8. The molecule has 1 atom stereocenters. The number of hydrogen-bond donors (Lipinski definition) is 2. The van der Waals surface area contributed by atoms with Gasteiger partial charge in [-0.1, -0.05) is 25.7 Å². The molecule has 1 aliphatic rings. The first-order chi connectivity index (χ1) is 12.0. The topological polar surface area (TPSA) is 95.9 Å². The van der Waals surface area contributed by atoms with E-state index in [2.05, 4.69) is 24.1 Å². The predicted octanol–water partition coefficient (Wildman–Crippen LogP) is 2.01. The Labute approximate surface area is 149 Å². The van der Waals surface area contributed by atoms with E-state index in [1.54, 1.807) is 4.90 Å². The highest BCUT2D eigenvalue weighted by Gasteiger charge is 2.31. The average Bonchev–Trinajstić information content (AvgIpc) is 2.93. The maximum Gasteiger partial charge on any atom is 0.407 e. The number of carbonyl (C=O) groups is 3. The Bertz CT molecular complexity index is 509. The van der Waals surface area contributed by atoms with Crippen LogP contribution in [0.4, 0.5) is 4.79 Å². The van der Waals surface area contributed by atoms with Gasteiger partial charge in [-0.15, -0.1) is 5.92 Å². The van der Waals surface area contributed by atoms with Crippen LogP contribution in [-0.4, -0.2) is 54.2 Å². The van der Waals surface area contributed by atoms with Crippen LogP contribution in [0.2, 0.25) is 0 Å². The zero-order valence-corrected chi connectivity index (χ0v) is 14.9. The summed E-state index contributed by atoms with van der Waals surface area (Å²) in [5, 5.41) is 11.2. The molecule has 1 fully saturated rings. The summed E-state index contributed by atoms with van der Waals surface area (Å²) in [6.07, 6.45) is 4.39. The van der Waals surface area contributed by atoms with Gasteiger partial charge in [0.15, 0.2) is 0 Å². The van der Waals surface area contributed by atoms with Gasteiger partial charge in [0.2, 0.25) is 5.91 Å². The lowest BCUT2D eigenvalue weighted by atomic mass is 10.1. The van der Waals surface area contributed by atoms with Gasteiger partial charge >= 0.3 is 12.1 Å². The van der Waals surface area contributed by atoms with Gasteiger partial charge in [-0.2, -0.15) is 0 Å². The molecule has 0 radical (unpaired) electrons. The number of nitrogens with one attached hydrogen (secondary N) is 1. The molecule has 7 nitrogen and oxygen atoms in total. The minimum absolute atomic E-state index is 0.0429. The minimum atomic E-state index is -0.825. The smallest absolute Gasteiger partial charge is 0.407 e. The van der Waals surface area contributed by atoms with Crippen molar-refractivity contribution >= 4 is 18.0 Å². The molecule has 0 saturated carbocycles. The summed E-state index contributed by atoms with van der Waals surface area (Å²) in [6.45, 7) is 3.73. The number of alkyl carbamates (subject to hydrolysis) is 1. The molecule has 0 aromatic carbocycles. The number of likely N-dealkylation sites (tertiary alicyclic amines) is 1. The zero-order chi connectivity index (χ0) is 18.5. The van der Waals surface area contributed by atoms with Crippen LogP contribution in [0.25, 0.3) is 0 Å². The average molecular weight is 352 g/mol. The lowest BCUT2D eigenvalue weighted by molar-refractivity contribution is -0.137. The summed E-state index contributed by atoms with van der Waals surface area (Å²) in [6, 6.07) is 0. The van der Waals surface area contributed by atoms with Crippen molar-refractivity contribution in [3.8, 4) is 11.8 Å². The van der Waals surface area contributed by atoms with Crippen LogP contribution >= 0.6 is 0 Å². The molecule has 0 spiro atoms. The van der Waals surface area contributed by atoms with Crippen molar-refractivity contribution in [2.45, 2.75) is 51.9 Å². The number of hydrogen-bond acceptors (Lipinski definition) is 4. The highest BCUT2D eigenvalue weighted by atomic mass is 16.5. The molecule has 1 unspecified atom stereocenters. The van der Waals surface area contributed by atoms with Crippen molar-refractivity contribution in [1.29, 1.82) is 0 Å². The molecular weight excluding hydrogens is 324 g/mol. The molecule has 1 saturated heterocycles. The highest BCUT2D eigenvalue weighted by molar-refractivity contribution is 5.81. The summed E-state index contributed by atoms with van der Waals surface area (Å²) < 4.78 is 5.12. The molecule has 1 rings (SSSR count). The highest BCUT2D eigenvalue weighted by Crippen LogP contribution is 2.17. The van der Waals surface area contributed by atoms with E-state index in [0.29, 0.717) is 38.9 Å². The fourth-order valence-electron chi connectivity index (χ4n) is 2.48. The minimum Gasteiger partial charge on any atom is -0.481 e. The number of rotatable bonds is 10. The Hall–Kier alpha value is -2.23. The van der Waals surface area contributed by atoms with Crippen molar-refractivity contribution in [3.05, 3.63) is 0 Å². The molecule has 0 aromatic heterocycles. The number of carbonyl (C=O) groups excluding carboxylic acids is 2. The fourth-order valence-corrected chi connectivity index (χ4v) is 2.48. The monoisotopic (exact) mass is 352 g/mol. The molecule has 2 N–H and O–H groups in total. The second kappa shape index (κ2) is 12.2. The van der Waals surface area contributed by atoms with Gasteiger partial charge in [0.1, 0.15) is 6.61 Å². The van der Waals surface area contributed by atoms with Gasteiger partial charge in [0.25, 0.3) is 0 Å². The van der Waals surface area contributed by atoms with E-state index < -0.39 is 12.1 Å². The molecule has 140 valence electrons. The maximum atomic E-state index is 12.2. The summed E-state index contributed by atoms with van der Waals surface area (Å²) in [5.41, 5.74) is 0. The molecule has 1 aliphatic heterocycles. The summed E-state index contributed by atoms with van der Waals surface area (Å²) in [7, 11) is 0. The maximum absolute atomic E-state index is 12.2. The number of ether oxygens (including phenoxy) is 1. The van der Waals surface area contributed by atoms with Crippen LogP contribution < -0.4 is 5.32 Å². The van der Waals surface area contributed by atoms with Crippen molar-refractivity contribution < 1.29 is 24.2 Å². The molecule has 0 bridgehead atoms. The number of nitrogens with zero attached hydrogens (tertiary/aromatic N) is 1. The van der Waals surface area contributed by atoms with Crippen LogP contribution in [0.1, 0.15) is 51.9 Å². The third-order valence-corrected chi connectivity index (χ3v) is 3.96. The molecule has 25 heavy (non-hydrogen) atoms. The standard InChI is InChI=1S/C18H28N2O5/c1-2-3-7-11-19-18(24)25-14-15-10-13-20(17(15)23)12-8-5-4-6-9-16(21)22/h15H,2-4,6-7,9-14H2,1H3,(H,19,24)(H,21,22). The Balaban J connectivity index is 2.19. The molecule has 0 aliphatic carbocycles. The van der Waals surface area contributed by atoms with E-state index >= 15 is 0 Å². The number of unbranched alkanes of at least 4 members (excludes halogenated alkanes) is 3. The normalized spacial score (nSPS) is 16.3. The molecule has 7 heteroatoms. The Kier molecular flexibility index (Phi) is 10.1. The van der Waals surface area contributed by atoms with E-state index in [1.165, 1.54) is 0 Å². The van der Waals surface area contributed by atoms with Crippen LogP contribution in [0, 0.1) is 17.8 Å². The second-order valence-electron chi connectivity index (χ2n) is 6.08. The van der Waals surface area contributed by atoms with Gasteiger partial charge in [0, 0.05) is 25.9 Å². The number of aliphatic carboxylic acids is 1. The predicted molar refractivity (Wildman–Crippen MR) is 92.8 cm³/mol. The lowest BCUT2D eigenvalue weighted by Crippen LogP contribution is -2.31. The molecular formula is C18H28N2O5. The lowest BCUT2D eigenvalue weighted by Gasteiger charge is -2.13. The quantitative estimate of drug-likeness (QED) is 0.463. The SMILES string of the molecule is CCCCCNC(=O)OCC1CCN(CC#CCCCC(=O)O)C1=O. The van der Waals surface area contributed by atoms with E-state index in [0.717, 1.165) is 19.3 Å². The van der Waals surface area contributed by atoms with Gasteiger partial charge in [-0.05, 0) is 19.3 Å². The van der Waals surface area contributed by atoms with E-state index in [1.807, 2.05) is 0 Å². The van der Waals surface area contributed by atoms with Crippen LogP contribution in [0.15, 0.2) is 0 Å². The summed E-state index contributed by atoms with van der Waals surface area (Å²) >= 11 is 0. The van der Waals surface area contributed by atoms with E-state index in [-0.39, 0.29) is 24.9 Å². The summed E-state index contributed by atoms with van der Waals surface area (Å²) in [5.74, 6) is 4.62. The Morgan fingerprint density at radius 2 is 2.12 bits per heavy atom. The first-order valence-corrected chi connectivity index (χ1v) is 8.91. The number of carboxylic acid groups (broad SMARTS) is 1. The largest absolute Gasteiger partial charge is 0.481 e. The second-order valence-corrected chi connectivity index (χ2v) is 6.08. The van der Waals surface area contributed by atoms with Gasteiger partial charge in [0.05, 0.1) is 12.5 Å². The van der Waals surface area contributed by atoms with Crippen molar-refractivity contribution in [2.24, 2.45) is 5.92 Å². The Morgan fingerprint density at radius 3 is 2.84 bits per heavy atom. The zero-order valence-electron chi connectivity index (χ0n) is 14.9. The van der Waals surface area contributed by atoms with Crippen molar-refractivity contribution in [3.63, 3.8) is 0 Å². The molecule has 1 heterocycles. The van der Waals surface area contributed by atoms with Gasteiger partial charge < -0.3 is 20.1 Å². The van der Waals surface area contributed by atoms with E-state index in [4.69, 9.17) is 9.84 Å². The number of amides is 2. The first-order valence-electron chi connectivity index (χ1n) is 8.91. The van der Waals surface area contributed by atoms with Gasteiger partial charge in [-0.3, -0.25) is 9.59 Å².